The van der Waals surface area contributed by atoms with Gasteiger partial charge in [0.15, 0.2) is 5.78 Å². The van der Waals surface area contributed by atoms with Gasteiger partial charge >= 0.3 is 0 Å². The summed E-state index contributed by atoms with van der Waals surface area (Å²) in [6, 6.07) is 0. The molecule has 0 aliphatic heterocycles. The molecule has 3 rings (SSSR count). The van der Waals surface area contributed by atoms with Crippen molar-refractivity contribution in [1.29, 1.82) is 0 Å². The monoisotopic (exact) mass is 214 g/mol. The van der Waals surface area contributed by atoms with Gasteiger partial charge in [0.25, 0.3) is 0 Å². The Balaban J connectivity index is 2.28. The van der Waals surface area contributed by atoms with Crippen LogP contribution in [0.1, 0.15) is 40.5 Å². The smallest absolute Gasteiger partial charge is 0.167 e. The summed E-state index contributed by atoms with van der Waals surface area (Å²) in [6.45, 7) is 8.53. The summed E-state index contributed by atoms with van der Waals surface area (Å²) in [7, 11) is 0. The van der Waals surface area contributed by atoms with Crippen molar-refractivity contribution in [3.8, 4) is 0 Å². The van der Waals surface area contributed by atoms with Crippen LogP contribution in [0.5, 0.6) is 0 Å². The van der Waals surface area contributed by atoms with Gasteiger partial charge in [-0.1, -0.05) is 18.6 Å². The standard InChI is InChI=1S/C15H18O/c1-8-7-12-10(3)15(5-6-15)11(4)14(16)13(12)9(8)2/h7,11H,5-6H2,1-4H3/t11-/m1/s1. The molecule has 1 heteroatoms. The van der Waals surface area contributed by atoms with Gasteiger partial charge < -0.3 is 0 Å². The van der Waals surface area contributed by atoms with Crippen LogP contribution >= 0.6 is 0 Å². The molecule has 84 valence electrons. The molecule has 1 spiro atoms. The second kappa shape index (κ2) is 2.77. The number of ketones is 1. The zero-order valence-corrected chi connectivity index (χ0v) is 10.5. The second-order valence-electron chi connectivity index (χ2n) is 5.61. The lowest BCUT2D eigenvalue weighted by atomic mass is 9.71. The molecule has 1 fully saturated rings. The summed E-state index contributed by atoms with van der Waals surface area (Å²) in [5, 5.41) is 0. The quantitative estimate of drug-likeness (QED) is 0.602. The molecule has 0 unspecified atom stereocenters. The fourth-order valence-electron chi connectivity index (χ4n) is 3.41. The predicted molar refractivity (Wildman–Crippen MR) is 65.0 cm³/mol. The van der Waals surface area contributed by atoms with Gasteiger partial charge in [-0.05, 0) is 50.3 Å². The van der Waals surface area contributed by atoms with Gasteiger partial charge in [-0.3, -0.25) is 4.79 Å². The van der Waals surface area contributed by atoms with E-state index < -0.39 is 0 Å². The highest BCUT2D eigenvalue weighted by atomic mass is 16.1. The van der Waals surface area contributed by atoms with Crippen molar-refractivity contribution in [3.63, 3.8) is 0 Å². The van der Waals surface area contributed by atoms with E-state index in [0.29, 0.717) is 5.78 Å². The molecule has 3 aliphatic rings. The number of carbonyl (C=O) groups excluding carboxylic acids is 1. The summed E-state index contributed by atoms with van der Waals surface area (Å²) in [4.78, 5) is 12.4. The lowest BCUT2D eigenvalue weighted by molar-refractivity contribution is -0.120. The van der Waals surface area contributed by atoms with Gasteiger partial charge in [0, 0.05) is 16.9 Å². The van der Waals surface area contributed by atoms with Crippen LogP contribution in [0.2, 0.25) is 0 Å². The highest BCUT2D eigenvalue weighted by molar-refractivity contribution is 6.07. The van der Waals surface area contributed by atoms with Crippen molar-refractivity contribution in [3.05, 3.63) is 33.9 Å². The van der Waals surface area contributed by atoms with E-state index in [0.717, 1.165) is 5.57 Å². The van der Waals surface area contributed by atoms with Gasteiger partial charge in [-0.2, -0.15) is 0 Å². The van der Waals surface area contributed by atoms with Crippen LogP contribution in [0, 0.1) is 11.3 Å². The maximum atomic E-state index is 12.4. The Morgan fingerprint density at radius 2 is 1.88 bits per heavy atom. The van der Waals surface area contributed by atoms with E-state index in [-0.39, 0.29) is 11.3 Å². The van der Waals surface area contributed by atoms with Crippen molar-refractivity contribution in [1.82, 2.24) is 0 Å². The molecule has 0 N–H and O–H groups in total. The van der Waals surface area contributed by atoms with Gasteiger partial charge in [0.05, 0.1) is 0 Å². The minimum absolute atomic E-state index is 0.195. The van der Waals surface area contributed by atoms with Crippen LogP contribution in [0.25, 0.3) is 0 Å². The molecule has 0 radical (unpaired) electrons. The van der Waals surface area contributed by atoms with E-state index in [4.69, 9.17) is 0 Å². The molecule has 0 aromatic carbocycles. The van der Waals surface area contributed by atoms with Crippen molar-refractivity contribution < 1.29 is 4.79 Å². The zero-order chi connectivity index (χ0) is 11.7. The van der Waals surface area contributed by atoms with Crippen LogP contribution in [0.4, 0.5) is 0 Å². The Kier molecular flexibility index (Phi) is 1.74. The number of hydrogen-bond acceptors (Lipinski definition) is 1. The van der Waals surface area contributed by atoms with Gasteiger partial charge in [-0.15, -0.1) is 0 Å². The van der Waals surface area contributed by atoms with E-state index in [1.165, 1.54) is 35.1 Å². The molecule has 16 heavy (non-hydrogen) atoms. The van der Waals surface area contributed by atoms with E-state index in [1.54, 1.807) is 0 Å². The Morgan fingerprint density at radius 3 is 2.44 bits per heavy atom. The number of rotatable bonds is 0. The molecule has 0 saturated heterocycles. The van der Waals surface area contributed by atoms with E-state index >= 15 is 0 Å². The molecule has 0 aromatic rings. The van der Waals surface area contributed by atoms with Gasteiger partial charge in [0.1, 0.15) is 0 Å². The number of fused-ring (bicyclic) bond motifs is 1. The molecular formula is C15H18O. The third-order valence-corrected chi connectivity index (χ3v) is 5.00. The summed E-state index contributed by atoms with van der Waals surface area (Å²) in [6.07, 6.45) is 4.62. The third-order valence-electron chi connectivity index (χ3n) is 5.00. The maximum absolute atomic E-state index is 12.4. The Bertz CT molecular complexity index is 496. The average molecular weight is 214 g/mol. The molecule has 3 aliphatic carbocycles. The van der Waals surface area contributed by atoms with Crippen molar-refractivity contribution in [2.24, 2.45) is 11.3 Å². The fourth-order valence-corrected chi connectivity index (χ4v) is 3.41. The number of carbonyl (C=O) groups is 1. The van der Waals surface area contributed by atoms with Crippen molar-refractivity contribution >= 4 is 5.78 Å². The maximum Gasteiger partial charge on any atom is 0.167 e. The lowest BCUT2D eigenvalue weighted by Crippen LogP contribution is -2.30. The normalized spacial score (nSPS) is 31.1. The van der Waals surface area contributed by atoms with Crippen LogP contribution in [0.15, 0.2) is 33.9 Å². The summed E-state index contributed by atoms with van der Waals surface area (Å²) in [5.41, 5.74) is 6.42. The molecular weight excluding hydrogens is 196 g/mol. The molecule has 0 bridgehead atoms. The number of hydrogen-bond donors (Lipinski definition) is 0. The minimum Gasteiger partial charge on any atom is -0.294 e. The Morgan fingerprint density at radius 1 is 1.25 bits per heavy atom. The minimum atomic E-state index is 0.195. The first-order valence-electron chi connectivity index (χ1n) is 6.14. The van der Waals surface area contributed by atoms with Crippen LogP contribution in [0.3, 0.4) is 0 Å². The predicted octanol–water partition coefficient (Wildman–Crippen LogP) is 3.58. The lowest BCUT2D eigenvalue weighted by Gasteiger charge is -2.31. The van der Waals surface area contributed by atoms with E-state index in [2.05, 4.69) is 33.8 Å². The first kappa shape index (κ1) is 10.1. The van der Waals surface area contributed by atoms with E-state index in [1.807, 2.05) is 0 Å². The molecule has 1 atom stereocenters. The summed E-state index contributed by atoms with van der Waals surface area (Å²) >= 11 is 0. The van der Waals surface area contributed by atoms with E-state index in [9.17, 15) is 4.79 Å². The average Bonchev–Trinajstić information content (AvgIpc) is 2.99. The van der Waals surface area contributed by atoms with Crippen LogP contribution in [-0.2, 0) is 4.79 Å². The summed E-state index contributed by atoms with van der Waals surface area (Å²) < 4.78 is 0. The first-order valence-corrected chi connectivity index (χ1v) is 6.14. The number of allylic oxidation sites excluding steroid dienone is 6. The van der Waals surface area contributed by atoms with Crippen LogP contribution < -0.4 is 0 Å². The molecule has 0 heterocycles. The highest BCUT2D eigenvalue weighted by Gasteiger charge is 2.55. The van der Waals surface area contributed by atoms with Crippen LogP contribution in [-0.4, -0.2) is 5.78 Å². The zero-order valence-electron chi connectivity index (χ0n) is 10.5. The highest BCUT2D eigenvalue weighted by Crippen LogP contribution is 2.62. The summed E-state index contributed by atoms with van der Waals surface area (Å²) in [5.74, 6) is 0.573. The van der Waals surface area contributed by atoms with Crippen molar-refractivity contribution in [2.45, 2.75) is 40.5 Å². The topological polar surface area (TPSA) is 17.1 Å². The van der Waals surface area contributed by atoms with Gasteiger partial charge in [-0.25, -0.2) is 0 Å². The molecule has 0 amide bonds. The largest absolute Gasteiger partial charge is 0.294 e. The van der Waals surface area contributed by atoms with Gasteiger partial charge in [0.2, 0.25) is 0 Å². The third kappa shape index (κ3) is 0.946. The molecule has 1 nitrogen and oxygen atoms in total. The molecule has 1 saturated carbocycles. The number of Topliss-reactive ketones (excluding diaryl/α,β-unsaturated/α-hetero) is 1. The molecule has 0 aromatic heterocycles. The Hall–Kier alpha value is -1.11. The van der Waals surface area contributed by atoms with Crippen molar-refractivity contribution in [2.75, 3.05) is 0 Å². The Labute approximate surface area is 96.9 Å². The SMILES string of the molecule is CC1=CC2=C(C)C3(CC3)[C@H](C)C(=O)C2=C1C. The first-order chi connectivity index (χ1) is 7.49. The second-order valence-corrected chi connectivity index (χ2v) is 5.61. The fraction of sp³-hybridized carbons (Fsp3) is 0.533.